The van der Waals surface area contributed by atoms with E-state index in [1.165, 1.54) is 0 Å². The fourth-order valence-electron chi connectivity index (χ4n) is 1.51. The molecule has 0 aliphatic rings. The van der Waals surface area contributed by atoms with Gasteiger partial charge in [-0.15, -0.1) is 37.2 Å². The highest BCUT2D eigenvalue weighted by atomic mass is 35.5. The normalized spacial score (nSPS) is 8.63. The average molecular weight is 324 g/mol. The predicted octanol–water partition coefficient (Wildman–Crippen LogP) is 2.95. The van der Waals surface area contributed by atoms with E-state index in [2.05, 4.69) is 0 Å². The molecule has 7 heteroatoms. The Bertz CT molecular complexity index is 497. The summed E-state index contributed by atoms with van der Waals surface area (Å²) in [6.07, 6.45) is 0. The molecule has 0 atom stereocenters. The number of rotatable bonds is 1. The quantitative estimate of drug-likeness (QED) is 0.606. The Morgan fingerprint density at radius 3 is 1.05 bits per heavy atom. The maximum absolute atomic E-state index is 5.74. The van der Waals surface area contributed by atoms with E-state index in [9.17, 15) is 0 Å². The van der Waals surface area contributed by atoms with Crippen molar-refractivity contribution in [2.45, 2.75) is 0 Å². The van der Waals surface area contributed by atoms with Gasteiger partial charge in [-0.3, -0.25) is 0 Å². The largest absolute Gasteiger partial charge is 0.397 e. The zero-order valence-corrected chi connectivity index (χ0v) is 12.4. The number of hydrogen-bond acceptors (Lipinski definition) is 4. The minimum Gasteiger partial charge on any atom is -0.397 e. The van der Waals surface area contributed by atoms with Crippen molar-refractivity contribution < 1.29 is 0 Å². The fraction of sp³-hybridized carbons (Fsp3) is 0. The zero-order chi connectivity index (χ0) is 11.7. The van der Waals surface area contributed by atoms with E-state index in [-0.39, 0.29) is 37.2 Å². The Hall–Kier alpha value is -1.49. The van der Waals surface area contributed by atoms with E-state index >= 15 is 0 Å². The Morgan fingerprint density at radius 2 is 0.789 bits per heavy atom. The first-order valence-electron chi connectivity index (χ1n) is 4.88. The molecular formula is C12H17Cl3N4. The van der Waals surface area contributed by atoms with Crippen LogP contribution in [0.2, 0.25) is 0 Å². The second kappa shape index (κ2) is 7.84. The van der Waals surface area contributed by atoms with Crippen LogP contribution in [0.1, 0.15) is 0 Å². The highest BCUT2D eigenvalue weighted by molar-refractivity contribution is 5.86. The lowest BCUT2D eigenvalue weighted by Crippen LogP contribution is -1.96. The summed E-state index contributed by atoms with van der Waals surface area (Å²) in [6, 6.07) is 11.0. The molecule has 2 aromatic rings. The number of nitrogen functional groups attached to an aromatic ring is 4. The van der Waals surface area contributed by atoms with Crippen LogP contribution >= 0.6 is 37.2 Å². The van der Waals surface area contributed by atoms with Crippen LogP contribution in [0.25, 0.3) is 11.1 Å². The standard InChI is InChI=1S/C12H14N4.3ClH/c13-9-3-1-7(5-11(9)15)8-2-4-10(14)12(16)6-8;;;/h1-6H,13-16H2;3*1H. The van der Waals surface area contributed by atoms with E-state index in [1.807, 2.05) is 24.3 Å². The molecule has 106 valence electrons. The van der Waals surface area contributed by atoms with Crippen molar-refractivity contribution in [3.8, 4) is 11.1 Å². The molecule has 0 heterocycles. The second-order valence-corrected chi connectivity index (χ2v) is 3.69. The molecule has 4 nitrogen and oxygen atoms in total. The van der Waals surface area contributed by atoms with Crippen molar-refractivity contribution in [2.75, 3.05) is 22.9 Å². The van der Waals surface area contributed by atoms with Crippen LogP contribution in [0.5, 0.6) is 0 Å². The van der Waals surface area contributed by atoms with Crippen LogP contribution in [0.3, 0.4) is 0 Å². The predicted molar refractivity (Wildman–Crippen MR) is 91.3 cm³/mol. The number of benzene rings is 2. The summed E-state index contributed by atoms with van der Waals surface area (Å²) < 4.78 is 0. The van der Waals surface area contributed by atoms with Gasteiger partial charge in [-0.05, 0) is 35.4 Å². The number of hydrogen-bond donors (Lipinski definition) is 4. The Morgan fingerprint density at radius 1 is 0.474 bits per heavy atom. The van der Waals surface area contributed by atoms with Crippen molar-refractivity contribution in [3.05, 3.63) is 36.4 Å². The molecule has 0 unspecified atom stereocenters. The summed E-state index contributed by atoms with van der Waals surface area (Å²) in [4.78, 5) is 0. The molecule has 0 aliphatic carbocycles. The first kappa shape index (κ1) is 19.8. The maximum atomic E-state index is 5.74. The molecular weight excluding hydrogens is 307 g/mol. The zero-order valence-electron chi connectivity index (χ0n) is 10.00. The van der Waals surface area contributed by atoms with Gasteiger partial charge in [-0.2, -0.15) is 0 Å². The molecule has 0 fully saturated rings. The smallest absolute Gasteiger partial charge is 0.0554 e. The van der Waals surface area contributed by atoms with E-state index in [0.717, 1.165) is 11.1 Å². The molecule has 0 amide bonds. The van der Waals surface area contributed by atoms with Gasteiger partial charge >= 0.3 is 0 Å². The van der Waals surface area contributed by atoms with Gasteiger partial charge in [0.1, 0.15) is 0 Å². The lowest BCUT2D eigenvalue weighted by molar-refractivity contribution is 1.60. The summed E-state index contributed by atoms with van der Waals surface area (Å²) in [6.45, 7) is 0. The molecule has 19 heavy (non-hydrogen) atoms. The molecule has 0 radical (unpaired) electrons. The van der Waals surface area contributed by atoms with Crippen molar-refractivity contribution in [2.24, 2.45) is 0 Å². The monoisotopic (exact) mass is 322 g/mol. The van der Waals surface area contributed by atoms with Crippen molar-refractivity contribution in [1.82, 2.24) is 0 Å². The third-order valence-corrected chi connectivity index (χ3v) is 2.51. The summed E-state index contributed by atoms with van der Waals surface area (Å²) >= 11 is 0. The Kier molecular flexibility index (Phi) is 8.19. The first-order valence-corrected chi connectivity index (χ1v) is 4.88. The average Bonchev–Trinajstić information content (AvgIpc) is 2.26. The van der Waals surface area contributed by atoms with E-state index in [0.29, 0.717) is 22.7 Å². The van der Waals surface area contributed by atoms with Gasteiger partial charge in [0.15, 0.2) is 0 Å². The topological polar surface area (TPSA) is 104 Å². The van der Waals surface area contributed by atoms with Gasteiger partial charge in [-0.25, -0.2) is 0 Å². The Balaban J connectivity index is 0. The van der Waals surface area contributed by atoms with Gasteiger partial charge in [0.05, 0.1) is 22.7 Å². The highest BCUT2D eigenvalue weighted by Gasteiger charge is 2.02. The number of nitrogens with two attached hydrogens (primary N) is 4. The van der Waals surface area contributed by atoms with Gasteiger partial charge in [0, 0.05) is 0 Å². The lowest BCUT2D eigenvalue weighted by atomic mass is 10.0. The minimum atomic E-state index is 0. The van der Waals surface area contributed by atoms with E-state index < -0.39 is 0 Å². The van der Waals surface area contributed by atoms with Crippen molar-refractivity contribution in [3.63, 3.8) is 0 Å². The third-order valence-electron chi connectivity index (χ3n) is 2.51. The highest BCUT2D eigenvalue weighted by Crippen LogP contribution is 2.28. The van der Waals surface area contributed by atoms with E-state index in [4.69, 9.17) is 22.9 Å². The fourth-order valence-corrected chi connectivity index (χ4v) is 1.51. The summed E-state index contributed by atoms with van der Waals surface area (Å²) in [7, 11) is 0. The van der Waals surface area contributed by atoms with E-state index in [1.54, 1.807) is 12.1 Å². The molecule has 0 aliphatic heterocycles. The van der Waals surface area contributed by atoms with Crippen LogP contribution < -0.4 is 22.9 Å². The maximum Gasteiger partial charge on any atom is 0.0554 e. The summed E-state index contributed by atoms with van der Waals surface area (Å²) in [5.74, 6) is 0. The molecule has 2 rings (SSSR count). The molecule has 0 aromatic heterocycles. The second-order valence-electron chi connectivity index (χ2n) is 3.69. The molecule has 0 bridgehead atoms. The molecule has 8 N–H and O–H groups in total. The third kappa shape index (κ3) is 4.28. The van der Waals surface area contributed by atoms with Crippen LogP contribution in [-0.2, 0) is 0 Å². The molecule has 0 spiro atoms. The van der Waals surface area contributed by atoms with Crippen molar-refractivity contribution >= 4 is 60.0 Å². The SMILES string of the molecule is Cl.Cl.Cl.Nc1ccc(-c2ccc(N)c(N)c2)cc1N. The number of halogens is 3. The van der Waals surface area contributed by atoms with Gasteiger partial charge in [-0.1, -0.05) is 12.1 Å². The summed E-state index contributed by atoms with van der Waals surface area (Å²) in [5.41, 5.74) is 27.0. The van der Waals surface area contributed by atoms with Crippen molar-refractivity contribution in [1.29, 1.82) is 0 Å². The van der Waals surface area contributed by atoms with Crippen LogP contribution in [0.4, 0.5) is 22.7 Å². The van der Waals surface area contributed by atoms with Crippen LogP contribution in [0, 0.1) is 0 Å². The lowest BCUT2D eigenvalue weighted by Gasteiger charge is -2.07. The Labute approximate surface area is 130 Å². The van der Waals surface area contributed by atoms with Crippen LogP contribution in [0.15, 0.2) is 36.4 Å². The molecule has 2 aromatic carbocycles. The minimum absolute atomic E-state index is 0. The van der Waals surface area contributed by atoms with Gasteiger partial charge < -0.3 is 22.9 Å². The first-order chi connectivity index (χ1) is 7.58. The van der Waals surface area contributed by atoms with Gasteiger partial charge in [0.2, 0.25) is 0 Å². The van der Waals surface area contributed by atoms with Gasteiger partial charge in [0.25, 0.3) is 0 Å². The molecule has 0 saturated heterocycles. The molecule has 0 saturated carbocycles. The summed E-state index contributed by atoms with van der Waals surface area (Å²) in [5, 5.41) is 0. The van der Waals surface area contributed by atoms with Crippen LogP contribution in [-0.4, -0.2) is 0 Å². The number of anilines is 4.